The van der Waals surface area contributed by atoms with E-state index in [0.717, 1.165) is 24.7 Å². The highest BCUT2D eigenvalue weighted by molar-refractivity contribution is 5.00. The topological polar surface area (TPSA) is 55.6 Å². The Balaban J connectivity index is 2.15. The average molecular weight is 237 g/mol. The van der Waals surface area contributed by atoms with Crippen LogP contribution in [0.2, 0.25) is 0 Å². The predicted octanol–water partition coefficient (Wildman–Crippen LogP) is 1.88. The lowest BCUT2D eigenvalue weighted by Crippen LogP contribution is -2.34. The van der Waals surface area contributed by atoms with Crippen molar-refractivity contribution in [3.8, 4) is 0 Å². The van der Waals surface area contributed by atoms with E-state index in [-0.39, 0.29) is 11.6 Å². The molecule has 0 aliphatic heterocycles. The van der Waals surface area contributed by atoms with Crippen LogP contribution >= 0.6 is 0 Å². The predicted molar refractivity (Wildman–Crippen MR) is 66.6 cm³/mol. The van der Waals surface area contributed by atoms with E-state index in [1.54, 1.807) is 0 Å². The van der Waals surface area contributed by atoms with Gasteiger partial charge in [0.15, 0.2) is 5.82 Å². The molecule has 0 spiro atoms. The Morgan fingerprint density at radius 2 is 2.18 bits per heavy atom. The first-order valence-electron chi connectivity index (χ1n) is 6.59. The molecule has 1 N–H and O–H groups in total. The van der Waals surface area contributed by atoms with Gasteiger partial charge in [-0.25, -0.2) is 4.68 Å². The fraction of sp³-hybridized carbons (Fsp3) is 0.917. The molecule has 1 atom stereocenters. The summed E-state index contributed by atoms with van der Waals surface area (Å²) in [7, 11) is 0. The summed E-state index contributed by atoms with van der Waals surface area (Å²) in [5, 5.41) is 15.7. The molecule has 1 aliphatic rings. The van der Waals surface area contributed by atoms with Gasteiger partial charge >= 0.3 is 0 Å². The number of rotatable bonds is 6. The van der Waals surface area contributed by atoms with Crippen molar-refractivity contribution in [2.75, 3.05) is 6.54 Å². The summed E-state index contributed by atoms with van der Waals surface area (Å²) in [6.07, 6.45) is 3.71. The van der Waals surface area contributed by atoms with Crippen molar-refractivity contribution in [3.05, 3.63) is 5.82 Å². The molecule has 1 heterocycles. The molecule has 1 fully saturated rings. The molecule has 5 nitrogen and oxygen atoms in total. The van der Waals surface area contributed by atoms with Crippen molar-refractivity contribution >= 4 is 0 Å². The van der Waals surface area contributed by atoms with Crippen molar-refractivity contribution in [3.63, 3.8) is 0 Å². The maximum Gasteiger partial charge on any atom is 0.168 e. The molecule has 5 heteroatoms. The first-order valence-corrected chi connectivity index (χ1v) is 6.59. The maximum atomic E-state index is 4.19. The molecular weight excluding hydrogens is 214 g/mol. The largest absolute Gasteiger partial charge is 0.307 e. The highest BCUT2D eigenvalue weighted by Gasteiger charge is 2.41. The van der Waals surface area contributed by atoms with Crippen LogP contribution in [0.1, 0.15) is 58.8 Å². The minimum absolute atomic E-state index is 0.0426. The quantitative estimate of drug-likeness (QED) is 0.820. The smallest absolute Gasteiger partial charge is 0.168 e. The third-order valence-electron chi connectivity index (χ3n) is 3.70. The van der Waals surface area contributed by atoms with Crippen molar-refractivity contribution < 1.29 is 0 Å². The molecule has 0 bridgehead atoms. The molecular formula is C12H23N5. The molecule has 17 heavy (non-hydrogen) atoms. The zero-order valence-corrected chi connectivity index (χ0v) is 11.3. The van der Waals surface area contributed by atoms with E-state index >= 15 is 0 Å². The van der Waals surface area contributed by atoms with Crippen LogP contribution in [0.15, 0.2) is 0 Å². The van der Waals surface area contributed by atoms with Crippen LogP contribution in [0.4, 0.5) is 0 Å². The van der Waals surface area contributed by atoms with E-state index in [2.05, 4.69) is 48.5 Å². The number of tetrazole rings is 1. The summed E-state index contributed by atoms with van der Waals surface area (Å²) in [5.41, 5.74) is 0.0426. The Hall–Kier alpha value is -0.970. The van der Waals surface area contributed by atoms with Crippen LogP contribution in [0.3, 0.4) is 0 Å². The first-order chi connectivity index (χ1) is 8.07. The van der Waals surface area contributed by atoms with Crippen molar-refractivity contribution in [2.24, 2.45) is 5.92 Å². The number of nitrogens with one attached hydrogen (secondary N) is 1. The summed E-state index contributed by atoms with van der Waals surface area (Å²) >= 11 is 0. The van der Waals surface area contributed by atoms with Gasteiger partial charge in [0.25, 0.3) is 0 Å². The Morgan fingerprint density at radius 1 is 1.47 bits per heavy atom. The minimum Gasteiger partial charge on any atom is -0.307 e. The molecule has 1 unspecified atom stereocenters. The van der Waals surface area contributed by atoms with E-state index in [9.17, 15) is 0 Å². The molecule has 1 aromatic heterocycles. The zero-order valence-electron chi connectivity index (χ0n) is 11.3. The fourth-order valence-corrected chi connectivity index (χ4v) is 2.29. The molecule has 0 aromatic carbocycles. The normalized spacial score (nSPS) is 18.4. The van der Waals surface area contributed by atoms with Gasteiger partial charge in [0.05, 0.1) is 11.6 Å². The van der Waals surface area contributed by atoms with Gasteiger partial charge in [-0.1, -0.05) is 6.92 Å². The Kier molecular flexibility index (Phi) is 3.47. The minimum atomic E-state index is 0.0426. The van der Waals surface area contributed by atoms with Crippen LogP contribution in [-0.4, -0.2) is 26.8 Å². The standard InChI is InChI=1S/C12H23N5/c1-5-8-13-9(2)11-14-15-16-17(11)12(3,4)10-6-7-10/h9-10,13H,5-8H2,1-4H3. The summed E-state index contributed by atoms with van der Waals surface area (Å²) in [4.78, 5) is 0. The van der Waals surface area contributed by atoms with Crippen LogP contribution in [-0.2, 0) is 5.54 Å². The van der Waals surface area contributed by atoms with E-state index in [0.29, 0.717) is 0 Å². The third-order valence-corrected chi connectivity index (χ3v) is 3.70. The second-order valence-corrected chi connectivity index (χ2v) is 5.55. The Morgan fingerprint density at radius 3 is 2.76 bits per heavy atom. The third kappa shape index (κ3) is 2.49. The second-order valence-electron chi connectivity index (χ2n) is 5.55. The molecule has 1 aliphatic carbocycles. The van der Waals surface area contributed by atoms with Gasteiger partial charge in [-0.15, -0.1) is 5.10 Å². The molecule has 0 amide bonds. The first kappa shape index (κ1) is 12.5. The van der Waals surface area contributed by atoms with Gasteiger partial charge in [0.2, 0.25) is 0 Å². The number of hydrogen-bond acceptors (Lipinski definition) is 4. The highest BCUT2D eigenvalue weighted by atomic mass is 15.6. The van der Waals surface area contributed by atoms with Gasteiger partial charge in [-0.2, -0.15) is 0 Å². The summed E-state index contributed by atoms with van der Waals surface area (Å²) in [5.74, 6) is 1.68. The number of aromatic nitrogens is 4. The average Bonchev–Trinajstić information content (AvgIpc) is 3.04. The summed E-state index contributed by atoms with van der Waals surface area (Å²) < 4.78 is 2.01. The van der Waals surface area contributed by atoms with Crippen LogP contribution in [0.25, 0.3) is 0 Å². The zero-order chi connectivity index (χ0) is 12.5. The Bertz CT molecular complexity index is 367. The van der Waals surface area contributed by atoms with Gasteiger partial charge in [-0.3, -0.25) is 0 Å². The van der Waals surface area contributed by atoms with Crippen molar-refractivity contribution in [1.29, 1.82) is 0 Å². The van der Waals surface area contributed by atoms with Crippen LogP contribution in [0, 0.1) is 5.92 Å². The molecule has 96 valence electrons. The lowest BCUT2D eigenvalue weighted by molar-refractivity contribution is 0.252. The van der Waals surface area contributed by atoms with E-state index in [4.69, 9.17) is 0 Å². The Labute approximate surface area is 103 Å². The van der Waals surface area contributed by atoms with Crippen molar-refractivity contribution in [1.82, 2.24) is 25.5 Å². The van der Waals surface area contributed by atoms with Gasteiger partial charge < -0.3 is 5.32 Å². The molecule has 1 aromatic rings. The van der Waals surface area contributed by atoms with Crippen LogP contribution in [0.5, 0.6) is 0 Å². The molecule has 0 radical (unpaired) electrons. The molecule has 2 rings (SSSR count). The lowest BCUT2D eigenvalue weighted by Gasteiger charge is -2.27. The van der Waals surface area contributed by atoms with Gasteiger partial charge in [0, 0.05) is 0 Å². The SMILES string of the molecule is CCCNC(C)c1nnnn1C(C)(C)C1CC1. The van der Waals surface area contributed by atoms with Crippen LogP contribution < -0.4 is 5.32 Å². The van der Waals surface area contributed by atoms with E-state index in [1.807, 2.05) is 4.68 Å². The monoisotopic (exact) mass is 237 g/mol. The van der Waals surface area contributed by atoms with Crippen molar-refractivity contribution in [2.45, 2.75) is 58.5 Å². The van der Waals surface area contributed by atoms with E-state index in [1.165, 1.54) is 12.8 Å². The van der Waals surface area contributed by atoms with Gasteiger partial charge in [0.1, 0.15) is 0 Å². The maximum absolute atomic E-state index is 4.19. The highest BCUT2D eigenvalue weighted by Crippen LogP contribution is 2.44. The molecule has 1 saturated carbocycles. The molecule has 0 saturated heterocycles. The summed E-state index contributed by atoms with van der Waals surface area (Å²) in [6, 6.07) is 0.211. The summed E-state index contributed by atoms with van der Waals surface area (Å²) in [6.45, 7) is 9.75. The second kappa shape index (κ2) is 4.72. The fourth-order valence-electron chi connectivity index (χ4n) is 2.29. The lowest BCUT2D eigenvalue weighted by atomic mass is 9.98. The van der Waals surface area contributed by atoms with Gasteiger partial charge in [-0.05, 0) is 62.9 Å². The number of nitrogens with zero attached hydrogens (tertiary/aromatic N) is 4. The van der Waals surface area contributed by atoms with E-state index < -0.39 is 0 Å². The number of hydrogen-bond donors (Lipinski definition) is 1.